The minimum Gasteiger partial charge on any atom is -0.461 e. The third kappa shape index (κ3) is 2.89. The van der Waals surface area contributed by atoms with Gasteiger partial charge in [0, 0.05) is 5.33 Å². The first-order valence-corrected chi connectivity index (χ1v) is 7.14. The summed E-state index contributed by atoms with van der Waals surface area (Å²) in [4.78, 5) is 12.0. The average molecular weight is 334 g/mol. The summed E-state index contributed by atoms with van der Waals surface area (Å²) in [5.74, 6) is -0.436. The Balaban J connectivity index is 2.51. The molecule has 0 spiro atoms. The number of esters is 1. The highest BCUT2D eigenvalue weighted by Gasteiger charge is 2.17. The van der Waals surface area contributed by atoms with Gasteiger partial charge in [-0.2, -0.15) is 10.4 Å². The van der Waals surface area contributed by atoms with Crippen molar-refractivity contribution in [1.29, 1.82) is 5.26 Å². The molecular formula is C14H12BrN3O2. The number of nitrogens with zero attached hydrogens (tertiary/aromatic N) is 3. The number of ether oxygens (including phenoxy) is 1. The summed E-state index contributed by atoms with van der Waals surface area (Å²) in [6, 6.07) is 10.6. The number of halogens is 1. The summed E-state index contributed by atoms with van der Waals surface area (Å²) >= 11 is 3.31. The molecule has 0 aliphatic carbocycles. The summed E-state index contributed by atoms with van der Waals surface area (Å²) in [6.45, 7) is 2.05. The molecule has 0 saturated carbocycles. The Bertz CT molecular complexity index is 673. The highest BCUT2D eigenvalue weighted by molar-refractivity contribution is 9.08. The Hall–Kier alpha value is -2.13. The van der Waals surface area contributed by atoms with Gasteiger partial charge < -0.3 is 4.74 Å². The number of hydrogen-bond acceptors (Lipinski definition) is 4. The van der Waals surface area contributed by atoms with Crippen LogP contribution >= 0.6 is 15.9 Å². The fourth-order valence-electron chi connectivity index (χ4n) is 1.75. The third-order valence-electron chi connectivity index (χ3n) is 2.60. The molecule has 0 amide bonds. The van der Waals surface area contributed by atoms with E-state index in [1.807, 2.05) is 0 Å². The van der Waals surface area contributed by atoms with Crippen molar-refractivity contribution in [2.24, 2.45) is 0 Å². The van der Waals surface area contributed by atoms with E-state index < -0.39 is 5.97 Å². The fourth-order valence-corrected chi connectivity index (χ4v) is 2.02. The third-order valence-corrected chi connectivity index (χ3v) is 3.18. The quantitative estimate of drug-likeness (QED) is 0.637. The SMILES string of the molecule is CCOC(=O)c1cc(CBr)nn1-c1cccc(C#N)c1. The van der Waals surface area contributed by atoms with Gasteiger partial charge in [-0.3, -0.25) is 0 Å². The lowest BCUT2D eigenvalue weighted by atomic mass is 10.2. The fraction of sp³-hybridized carbons (Fsp3) is 0.214. The zero-order chi connectivity index (χ0) is 14.5. The average Bonchev–Trinajstić information content (AvgIpc) is 2.92. The summed E-state index contributed by atoms with van der Waals surface area (Å²) < 4.78 is 6.52. The van der Waals surface area contributed by atoms with Crippen molar-refractivity contribution in [2.75, 3.05) is 6.61 Å². The van der Waals surface area contributed by atoms with Gasteiger partial charge >= 0.3 is 5.97 Å². The Morgan fingerprint density at radius 1 is 1.50 bits per heavy atom. The zero-order valence-corrected chi connectivity index (χ0v) is 12.4. The molecule has 1 heterocycles. The van der Waals surface area contributed by atoms with E-state index in [4.69, 9.17) is 10.00 Å². The number of hydrogen-bond donors (Lipinski definition) is 0. The minimum absolute atomic E-state index is 0.298. The van der Waals surface area contributed by atoms with E-state index in [0.717, 1.165) is 5.69 Å². The van der Waals surface area contributed by atoms with Crippen LogP contribution < -0.4 is 0 Å². The Labute approximate surface area is 124 Å². The van der Waals surface area contributed by atoms with E-state index >= 15 is 0 Å². The molecule has 2 aromatic rings. The van der Waals surface area contributed by atoms with E-state index in [9.17, 15) is 4.79 Å². The van der Waals surface area contributed by atoms with Crippen LogP contribution in [0.2, 0.25) is 0 Å². The molecule has 0 bridgehead atoms. The normalized spacial score (nSPS) is 10.1. The Kier molecular flexibility index (Phi) is 4.53. The van der Waals surface area contributed by atoms with Gasteiger partial charge in [-0.25, -0.2) is 9.48 Å². The van der Waals surface area contributed by atoms with Crippen LogP contribution in [-0.2, 0) is 10.1 Å². The number of carbonyl (C=O) groups is 1. The van der Waals surface area contributed by atoms with Crippen molar-refractivity contribution in [1.82, 2.24) is 9.78 Å². The molecular weight excluding hydrogens is 322 g/mol. The van der Waals surface area contributed by atoms with Gasteiger partial charge in [-0.15, -0.1) is 0 Å². The van der Waals surface area contributed by atoms with E-state index in [1.54, 1.807) is 37.3 Å². The molecule has 6 heteroatoms. The van der Waals surface area contributed by atoms with E-state index in [0.29, 0.717) is 28.9 Å². The highest BCUT2D eigenvalue weighted by atomic mass is 79.9. The summed E-state index contributed by atoms with van der Waals surface area (Å²) in [7, 11) is 0. The van der Waals surface area contributed by atoms with E-state index in [-0.39, 0.29) is 0 Å². The van der Waals surface area contributed by atoms with Gasteiger partial charge in [0.25, 0.3) is 0 Å². The number of aromatic nitrogens is 2. The number of benzene rings is 1. The van der Waals surface area contributed by atoms with Gasteiger partial charge in [-0.05, 0) is 31.2 Å². The molecule has 0 unspecified atom stereocenters. The van der Waals surface area contributed by atoms with Crippen LogP contribution in [0.3, 0.4) is 0 Å². The standard InChI is InChI=1S/C14H12BrN3O2/c1-2-20-14(19)13-7-11(8-15)17-18(13)12-5-3-4-10(6-12)9-16/h3-7H,2,8H2,1H3. The lowest BCUT2D eigenvalue weighted by Crippen LogP contribution is -2.12. The van der Waals surface area contributed by atoms with Crippen molar-refractivity contribution < 1.29 is 9.53 Å². The number of carbonyl (C=O) groups excluding carboxylic acids is 1. The molecule has 0 fully saturated rings. The van der Waals surface area contributed by atoms with E-state index in [2.05, 4.69) is 27.1 Å². The molecule has 5 nitrogen and oxygen atoms in total. The second-order valence-electron chi connectivity index (χ2n) is 3.95. The monoisotopic (exact) mass is 333 g/mol. The van der Waals surface area contributed by atoms with Crippen molar-refractivity contribution >= 4 is 21.9 Å². The molecule has 2 rings (SSSR count). The van der Waals surface area contributed by atoms with Crippen LogP contribution in [0.4, 0.5) is 0 Å². The predicted octanol–water partition coefficient (Wildman–Crippen LogP) is 2.82. The molecule has 1 aromatic carbocycles. The van der Waals surface area contributed by atoms with Crippen molar-refractivity contribution in [2.45, 2.75) is 12.3 Å². The number of nitriles is 1. The number of alkyl halides is 1. The topological polar surface area (TPSA) is 67.9 Å². The molecule has 102 valence electrons. The second kappa shape index (κ2) is 6.35. The van der Waals surface area contributed by atoms with Crippen LogP contribution in [-0.4, -0.2) is 22.4 Å². The second-order valence-corrected chi connectivity index (χ2v) is 4.51. The first kappa shape index (κ1) is 14.3. The van der Waals surface area contributed by atoms with Gasteiger partial charge in [0.2, 0.25) is 0 Å². The Morgan fingerprint density at radius 3 is 2.95 bits per heavy atom. The predicted molar refractivity (Wildman–Crippen MR) is 76.9 cm³/mol. The molecule has 20 heavy (non-hydrogen) atoms. The lowest BCUT2D eigenvalue weighted by molar-refractivity contribution is 0.0515. The largest absolute Gasteiger partial charge is 0.461 e. The van der Waals surface area contributed by atoms with Crippen molar-refractivity contribution in [3.05, 3.63) is 47.3 Å². The van der Waals surface area contributed by atoms with Gasteiger partial charge in [0.05, 0.1) is 29.6 Å². The Morgan fingerprint density at radius 2 is 2.30 bits per heavy atom. The maximum atomic E-state index is 12.0. The summed E-state index contributed by atoms with van der Waals surface area (Å²) in [5, 5.41) is 13.8. The van der Waals surface area contributed by atoms with Crippen LogP contribution in [0.15, 0.2) is 30.3 Å². The molecule has 0 radical (unpaired) electrons. The van der Waals surface area contributed by atoms with Crippen LogP contribution in [0, 0.1) is 11.3 Å². The first-order valence-electron chi connectivity index (χ1n) is 6.02. The molecule has 0 aliphatic rings. The van der Waals surface area contributed by atoms with Crippen LogP contribution in [0.1, 0.15) is 28.7 Å². The number of rotatable bonds is 4. The minimum atomic E-state index is -0.436. The summed E-state index contributed by atoms with van der Waals surface area (Å²) in [5.41, 5.74) is 2.22. The maximum absolute atomic E-state index is 12.0. The van der Waals surface area contributed by atoms with Gasteiger partial charge in [-0.1, -0.05) is 22.0 Å². The molecule has 0 aliphatic heterocycles. The molecule has 0 N–H and O–H groups in total. The zero-order valence-electron chi connectivity index (χ0n) is 10.8. The summed E-state index contributed by atoms with van der Waals surface area (Å²) in [6.07, 6.45) is 0. The molecule has 0 saturated heterocycles. The smallest absolute Gasteiger partial charge is 0.357 e. The van der Waals surface area contributed by atoms with Gasteiger partial charge in [0.1, 0.15) is 0 Å². The first-order chi connectivity index (χ1) is 9.69. The highest BCUT2D eigenvalue weighted by Crippen LogP contribution is 2.16. The van der Waals surface area contributed by atoms with Gasteiger partial charge in [0.15, 0.2) is 5.69 Å². The van der Waals surface area contributed by atoms with Crippen LogP contribution in [0.25, 0.3) is 5.69 Å². The van der Waals surface area contributed by atoms with Crippen molar-refractivity contribution in [3.8, 4) is 11.8 Å². The molecule has 1 aromatic heterocycles. The lowest BCUT2D eigenvalue weighted by Gasteiger charge is -2.06. The van der Waals surface area contributed by atoms with Crippen LogP contribution in [0.5, 0.6) is 0 Å². The van der Waals surface area contributed by atoms with E-state index in [1.165, 1.54) is 4.68 Å². The van der Waals surface area contributed by atoms with Crippen molar-refractivity contribution in [3.63, 3.8) is 0 Å². The molecule has 0 atom stereocenters. The maximum Gasteiger partial charge on any atom is 0.357 e.